The van der Waals surface area contributed by atoms with Gasteiger partial charge in [-0.1, -0.05) is 30.3 Å². The molecule has 1 fully saturated rings. The number of halogens is 1. The second-order valence-electron chi connectivity index (χ2n) is 10.3. The van der Waals surface area contributed by atoms with Crippen LogP contribution in [-0.4, -0.2) is 71.6 Å². The maximum absolute atomic E-state index is 13.6. The fourth-order valence-corrected chi connectivity index (χ4v) is 5.06. The minimum absolute atomic E-state index is 0.0685. The molecule has 8 nitrogen and oxygen atoms in total. The Bertz CT molecular complexity index is 1510. The minimum atomic E-state index is -0.346. The van der Waals surface area contributed by atoms with Crippen LogP contribution >= 0.6 is 0 Å². The summed E-state index contributed by atoms with van der Waals surface area (Å²) in [6.45, 7) is 4.43. The molecule has 5 rings (SSSR count). The maximum Gasteiger partial charge on any atom is 0.254 e. The van der Waals surface area contributed by atoms with E-state index >= 15 is 0 Å². The van der Waals surface area contributed by atoms with Gasteiger partial charge in [0.2, 0.25) is 5.91 Å². The van der Waals surface area contributed by atoms with Gasteiger partial charge in [0, 0.05) is 43.9 Å². The van der Waals surface area contributed by atoms with Crippen LogP contribution < -0.4 is 9.64 Å². The third-order valence-corrected chi connectivity index (χ3v) is 7.48. The molecule has 0 radical (unpaired) electrons. The van der Waals surface area contributed by atoms with E-state index in [0.717, 1.165) is 46.9 Å². The van der Waals surface area contributed by atoms with Crippen LogP contribution in [0.15, 0.2) is 84.9 Å². The number of anilines is 1. The van der Waals surface area contributed by atoms with E-state index in [9.17, 15) is 14.0 Å². The van der Waals surface area contributed by atoms with Crippen LogP contribution in [0.1, 0.15) is 27.9 Å². The first-order chi connectivity index (χ1) is 20.4. The van der Waals surface area contributed by atoms with Gasteiger partial charge in [-0.15, -0.1) is 10.2 Å². The van der Waals surface area contributed by atoms with Crippen molar-refractivity contribution < 1.29 is 18.7 Å². The number of rotatable bonds is 8. The lowest BCUT2D eigenvalue weighted by Gasteiger charge is -2.27. The van der Waals surface area contributed by atoms with E-state index in [2.05, 4.69) is 15.1 Å². The van der Waals surface area contributed by atoms with Crippen molar-refractivity contribution in [2.75, 3.05) is 44.7 Å². The molecule has 1 aromatic heterocycles. The summed E-state index contributed by atoms with van der Waals surface area (Å²) in [6, 6.07) is 24.9. The van der Waals surface area contributed by atoms with Gasteiger partial charge in [-0.3, -0.25) is 9.59 Å². The van der Waals surface area contributed by atoms with Gasteiger partial charge in [-0.05, 0) is 79.1 Å². The first-order valence-corrected chi connectivity index (χ1v) is 14.0. The fourth-order valence-electron chi connectivity index (χ4n) is 5.06. The Labute approximate surface area is 245 Å². The van der Waals surface area contributed by atoms with Crippen LogP contribution in [0.2, 0.25) is 0 Å². The predicted molar refractivity (Wildman–Crippen MR) is 160 cm³/mol. The van der Waals surface area contributed by atoms with E-state index in [1.54, 1.807) is 30.2 Å². The molecule has 0 spiro atoms. The Hall–Kier alpha value is -4.79. The molecule has 0 atom stereocenters. The number of benzene rings is 3. The highest BCUT2D eigenvalue weighted by molar-refractivity contribution is 5.97. The zero-order valence-electron chi connectivity index (χ0n) is 23.9. The second-order valence-corrected chi connectivity index (χ2v) is 10.3. The average Bonchev–Trinajstić information content (AvgIpc) is 3.28. The minimum Gasteiger partial charge on any atom is -0.497 e. The highest BCUT2D eigenvalue weighted by Gasteiger charge is 2.25. The van der Waals surface area contributed by atoms with Crippen LogP contribution in [0.4, 0.5) is 10.2 Å². The Morgan fingerprint density at radius 3 is 2.33 bits per heavy atom. The lowest BCUT2D eigenvalue weighted by molar-refractivity contribution is -0.131. The van der Waals surface area contributed by atoms with Gasteiger partial charge < -0.3 is 19.4 Å². The molecule has 0 unspecified atom stereocenters. The number of carbonyl (C=O) groups excluding carboxylic acids is 2. The van der Waals surface area contributed by atoms with Gasteiger partial charge >= 0.3 is 0 Å². The second kappa shape index (κ2) is 13.2. The Balaban J connectivity index is 1.25. The standard InChI is InChI=1S/C33H34FN5O3/c1-24-6-3-4-7-29(24)33(41)39(22-25-8-12-27(34)13-9-25)23-32(40)38-19-5-18-37(20-21-38)31-17-16-30(35-36-31)26-10-14-28(42-2)15-11-26/h3-4,6-17H,5,18-23H2,1-2H3. The summed E-state index contributed by atoms with van der Waals surface area (Å²) in [5, 5.41) is 8.88. The molecule has 2 heterocycles. The molecule has 1 aliphatic rings. The lowest BCUT2D eigenvalue weighted by Crippen LogP contribution is -2.44. The summed E-state index contributed by atoms with van der Waals surface area (Å²) in [5.74, 6) is 0.844. The number of hydrogen-bond donors (Lipinski definition) is 0. The van der Waals surface area contributed by atoms with E-state index in [0.29, 0.717) is 25.2 Å². The molecular weight excluding hydrogens is 533 g/mol. The number of methoxy groups -OCH3 is 1. The number of hydrogen-bond acceptors (Lipinski definition) is 6. The zero-order valence-corrected chi connectivity index (χ0v) is 23.9. The van der Waals surface area contributed by atoms with Crippen LogP contribution in [-0.2, 0) is 11.3 Å². The van der Waals surface area contributed by atoms with Gasteiger partial charge in [-0.25, -0.2) is 4.39 Å². The highest BCUT2D eigenvalue weighted by Crippen LogP contribution is 2.22. The van der Waals surface area contributed by atoms with Gasteiger partial charge in [0.1, 0.15) is 18.1 Å². The maximum atomic E-state index is 13.6. The van der Waals surface area contributed by atoms with Crippen LogP contribution in [0.5, 0.6) is 5.75 Å². The quantitative estimate of drug-likeness (QED) is 0.299. The van der Waals surface area contributed by atoms with Crippen molar-refractivity contribution in [3.8, 4) is 17.0 Å². The summed E-state index contributed by atoms with van der Waals surface area (Å²) in [7, 11) is 1.63. The summed E-state index contributed by atoms with van der Waals surface area (Å²) in [6.07, 6.45) is 0.761. The first-order valence-electron chi connectivity index (χ1n) is 14.0. The molecule has 0 N–H and O–H groups in total. The Kier molecular flexibility index (Phi) is 9.06. The summed E-state index contributed by atoms with van der Waals surface area (Å²) in [5.41, 5.74) is 3.86. The van der Waals surface area contributed by atoms with E-state index in [1.807, 2.05) is 66.4 Å². The third-order valence-electron chi connectivity index (χ3n) is 7.48. The van der Waals surface area contributed by atoms with E-state index in [-0.39, 0.29) is 30.7 Å². The van der Waals surface area contributed by atoms with E-state index < -0.39 is 0 Å². The number of ether oxygens (including phenoxy) is 1. The number of carbonyl (C=O) groups is 2. The monoisotopic (exact) mass is 567 g/mol. The van der Waals surface area contributed by atoms with E-state index in [4.69, 9.17) is 4.74 Å². The van der Waals surface area contributed by atoms with Gasteiger partial charge in [-0.2, -0.15) is 0 Å². The molecule has 0 saturated carbocycles. The van der Waals surface area contributed by atoms with Crippen LogP contribution in [0, 0.1) is 12.7 Å². The Morgan fingerprint density at radius 1 is 0.881 bits per heavy atom. The molecule has 0 bridgehead atoms. The predicted octanol–water partition coefficient (Wildman–Crippen LogP) is 4.98. The van der Waals surface area contributed by atoms with Gasteiger partial charge in [0.15, 0.2) is 5.82 Å². The van der Waals surface area contributed by atoms with Crippen LogP contribution in [0.25, 0.3) is 11.3 Å². The third kappa shape index (κ3) is 6.91. The number of aromatic nitrogens is 2. The molecule has 42 heavy (non-hydrogen) atoms. The van der Waals surface area contributed by atoms with Crippen molar-refractivity contribution in [3.05, 3.63) is 107 Å². The lowest BCUT2D eigenvalue weighted by atomic mass is 10.1. The zero-order chi connectivity index (χ0) is 29.5. The first kappa shape index (κ1) is 28.7. The van der Waals surface area contributed by atoms with Crippen molar-refractivity contribution in [1.82, 2.24) is 20.0 Å². The van der Waals surface area contributed by atoms with Crippen molar-refractivity contribution in [1.29, 1.82) is 0 Å². The fraction of sp³-hybridized carbons (Fsp3) is 0.273. The molecule has 3 aromatic carbocycles. The van der Waals surface area contributed by atoms with Gasteiger partial charge in [0.05, 0.1) is 12.8 Å². The molecule has 0 aliphatic carbocycles. The largest absolute Gasteiger partial charge is 0.497 e. The molecular formula is C33H34FN5O3. The molecule has 1 saturated heterocycles. The SMILES string of the molecule is COc1ccc(-c2ccc(N3CCCN(C(=O)CN(Cc4ccc(F)cc4)C(=O)c4ccccc4C)CC3)nn2)cc1. The molecule has 9 heteroatoms. The number of amides is 2. The molecule has 216 valence electrons. The molecule has 4 aromatic rings. The number of nitrogens with zero attached hydrogens (tertiary/aromatic N) is 5. The number of aryl methyl sites for hydroxylation is 1. The van der Waals surface area contributed by atoms with Crippen LogP contribution in [0.3, 0.4) is 0 Å². The summed E-state index contributed by atoms with van der Waals surface area (Å²) >= 11 is 0. The highest BCUT2D eigenvalue weighted by atomic mass is 19.1. The van der Waals surface area contributed by atoms with Crippen molar-refractivity contribution >= 4 is 17.6 Å². The summed E-state index contributed by atoms with van der Waals surface area (Å²) in [4.78, 5) is 32.6. The summed E-state index contributed by atoms with van der Waals surface area (Å²) < 4.78 is 18.7. The van der Waals surface area contributed by atoms with Crippen molar-refractivity contribution in [2.45, 2.75) is 19.9 Å². The topological polar surface area (TPSA) is 78.9 Å². The smallest absolute Gasteiger partial charge is 0.254 e. The molecule has 2 amide bonds. The van der Waals surface area contributed by atoms with E-state index in [1.165, 1.54) is 12.1 Å². The average molecular weight is 568 g/mol. The van der Waals surface area contributed by atoms with Crippen molar-refractivity contribution in [3.63, 3.8) is 0 Å². The van der Waals surface area contributed by atoms with Gasteiger partial charge in [0.25, 0.3) is 5.91 Å². The molecule has 1 aliphatic heterocycles. The Morgan fingerprint density at radius 2 is 1.64 bits per heavy atom. The normalized spacial score (nSPS) is 13.4. The van der Waals surface area contributed by atoms with Crippen molar-refractivity contribution in [2.24, 2.45) is 0 Å².